The maximum Gasteiger partial charge on any atom is 0.337 e. The normalized spacial score (nSPS) is 21.3. The standard InChI is InChI=1S/C17H15NO7S2/c1-25-14(21)9-4-2-8(3-5-9)11-12-13(18-16(24)27-12)26-7-17(11,15(22)23)6-10(19)20/h2-5,11H,6-7H2,1H3,(H,18,24)(H,19,20)(H,22,23). The summed E-state index contributed by atoms with van der Waals surface area (Å²) in [5.74, 6) is -3.86. The minimum atomic E-state index is -1.62. The Morgan fingerprint density at radius 3 is 2.48 bits per heavy atom. The molecule has 3 N–H and O–H groups in total. The maximum absolute atomic E-state index is 12.2. The van der Waals surface area contributed by atoms with Crippen LogP contribution in [0.2, 0.25) is 0 Å². The maximum atomic E-state index is 12.2. The second-order valence-corrected chi connectivity index (χ2v) is 8.08. The third kappa shape index (κ3) is 3.37. The van der Waals surface area contributed by atoms with Gasteiger partial charge in [0.2, 0.25) is 0 Å². The van der Waals surface area contributed by atoms with Crippen LogP contribution >= 0.6 is 23.1 Å². The summed E-state index contributed by atoms with van der Waals surface area (Å²) in [6.07, 6.45) is -0.593. The quantitative estimate of drug-likeness (QED) is 0.639. The molecule has 2 atom stereocenters. The molecule has 2 unspecified atom stereocenters. The van der Waals surface area contributed by atoms with Crippen molar-refractivity contribution < 1.29 is 29.3 Å². The van der Waals surface area contributed by atoms with E-state index < -0.39 is 35.7 Å². The van der Waals surface area contributed by atoms with Crippen LogP contribution in [-0.2, 0) is 14.3 Å². The largest absolute Gasteiger partial charge is 0.481 e. The summed E-state index contributed by atoms with van der Waals surface area (Å²) in [5, 5.41) is 19.8. The fourth-order valence-electron chi connectivity index (χ4n) is 3.24. The van der Waals surface area contributed by atoms with Crippen molar-refractivity contribution in [3.8, 4) is 0 Å². The Morgan fingerprint density at radius 2 is 1.93 bits per heavy atom. The van der Waals surface area contributed by atoms with Crippen LogP contribution in [-0.4, -0.2) is 46.0 Å². The summed E-state index contributed by atoms with van der Waals surface area (Å²) in [4.78, 5) is 50.0. The fourth-order valence-corrected chi connectivity index (χ4v) is 5.80. The molecule has 0 radical (unpaired) electrons. The van der Waals surface area contributed by atoms with Crippen molar-refractivity contribution in [1.29, 1.82) is 0 Å². The summed E-state index contributed by atoms with van der Waals surface area (Å²) in [7, 11) is 1.25. The van der Waals surface area contributed by atoms with Gasteiger partial charge in [-0.25, -0.2) is 4.79 Å². The van der Waals surface area contributed by atoms with Crippen molar-refractivity contribution in [2.45, 2.75) is 17.4 Å². The lowest BCUT2D eigenvalue weighted by molar-refractivity contribution is -0.155. The van der Waals surface area contributed by atoms with Gasteiger partial charge in [-0.1, -0.05) is 23.5 Å². The first-order valence-corrected chi connectivity index (χ1v) is 9.58. The van der Waals surface area contributed by atoms with E-state index in [4.69, 9.17) is 0 Å². The van der Waals surface area contributed by atoms with Gasteiger partial charge in [0.1, 0.15) is 0 Å². The van der Waals surface area contributed by atoms with Gasteiger partial charge in [-0.15, -0.1) is 11.8 Å². The smallest absolute Gasteiger partial charge is 0.337 e. The number of thioether (sulfide) groups is 1. The Kier molecular flexibility index (Phi) is 5.11. The predicted molar refractivity (Wildman–Crippen MR) is 97.6 cm³/mol. The molecule has 0 aliphatic carbocycles. The number of aliphatic carboxylic acids is 2. The minimum absolute atomic E-state index is 0.00226. The number of esters is 1. The predicted octanol–water partition coefficient (Wildman–Crippen LogP) is 2.01. The lowest BCUT2D eigenvalue weighted by atomic mass is 9.70. The van der Waals surface area contributed by atoms with Gasteiger partial charge in [0.05, 0.1) is 29.5 Å². The molecule has 3 rings (SSSR count). The molecule has 1 aliphatic rings. The molecule has 1 aliphatic heterocycles. The number of carboxylic acid groups (broad SMARTS) is 2. The molecule has 8 nitrogen and oxygen atoms in total. The number of aromatic amines is 1. The number of nitrogens with one attached hydrogen (secondary N) is 1. The Bertz CT molecular complexity index is 962. The van der Waals surface area contributed by atoms with E-state index in [1.54, 1.807) is 12.1 Å². The molecule has 0 saturated carbocycles. The molecule has 2 heterocycles. The van der Waals surface area contributed by atoms with Gasteiger partial charge in [0, 0.05) is 16.5 Å². The van der Waals surface area contributed by atoms with E-state index in [0.29, 0.717) is 15.5 Å². The topological polar surface area (TPSA) is 134 Å². The second-order valence-electron chi connectivity index (χ2n) is 6.07. The SMILES string of the molecule is COC(=O)c1ccc(C2c3sc(=O)[nH]c3SCC2(CC(=O)O)C(=O)O)cc1. The highest BCUT2D eigenvalue weighted by atomic mass is 32.2. The van der Waals surface area contributed by atoms with Gasteiger partial charge < -0.3 is 19.9 Å². The molecular weight excluding hydrogens is 394 g/mol. The number of aromatic nitrogens is 1. The molecule has 27 heavy (non-hydrogen) atoms. The van der Waals surface area contributed by atoms with Crippen molar-refractivity contribution in [3.05, 3.63) is 49.9 Å². The molecule has 10 heteroatoms. The number of carbonyl (C=O) groups excluding carboxylic acids is 1. The van der Waals surface area contributed by atoms with Crippen molar-refractivity contribution in [3.63, 3.8) is 0 Å². The highest BCUT2D eigenvalue weighted by molar-refractivity contribution is 7.99. The first kappa shape index (κ1) is 19.2. The average molecular weight is 409 g/mol. The number of ether oxygens (including phenoxy) is 1. The third-order valence-corrected chi connectivity index (χ3v) is 6.84. The van der Waals surface area contributed by atoms with Crippen LogP contribution < -0.4 is 4.87 Å². The molecule has 0 bridgehead atoms. The molecule has 142 valence electrons. The minimum Gasteiger partial charge on any atom is -0.481 e. The van der Waals surface area contributed by atoms with Crippen molar-refractivity contribution in [2.24, 2.45) is 5.41 Å². The Labute approximate surface area is 161 Å². The van der Waals surface area contributed by atoms with Crippen LogP contribution in [0.4, 0.5) is 0 Å². The van der Waals surface area contributed by atoms with Crippen LogP contribution in [0.15, 0.2) is 34.1 Å². The van der Waals surface area contributed by atoms with E-state index in [9.17, 15) is 29.4 Å². The highest BCUT2D eigenvalue weighted by Crippen LogP contribution is 2.54. The summed E-state index contributed by atoms with van der Waals surface area (Å²) >= 11 is 2.01. The number of rotatable bonds is 5. The molecule has 0 amide bonds. The summed E-state index contributed by atoms with van der Waals surface area (Å²) in [6, 6.07) is 6.12. The number of hydrogen-bond acceptors (Lipinski definition) is 7. The van der Waals surface area contributed by atoms with E-state index >= 15 is 0 Å². The van der Waals surface area contributed by atoms with Crippen molar-refractivity contribution in [2.75, 3.05) is 12.9 Å². The van der Waals surface area contributed by atoms with Crippen LogP contribution in [0.3, 0.4) is 0 Å². The van der Waals surface area contributed by atoms with Crippen molar-refractivity contribution >= 4 is 41.0 Å². The number of methoxy groups -OCH3 is 1. The monoisotopic (exact) mass is 409 g/mol. The number of benzene rings is 1. The number of carboxylic acids is 2. The summed E-state index contributed by atoms with van der Waals surface area (Å²) < 4.78 is 4.65. The molecule has 1 aromatic heterocycles. The number of hydrogen-bond donors (Lipinski definition) is 3. The summed E-state index contributed by atoms with van der Waals surface area (Å²) in [5.41, 5.74) is -0.822. The molecule has 0 fully saturated rings. The first-order chi connectivity index (χ1) is 12.8. The van der Waals surface area contributed by atoms with E-state index in [2.05, 4.69) is 9.72 Å². The Morgan fingerprint density at radius 1 is 1.26 bits per heavy atom. The van der Waals surface area contributed by atoms with E-state index in [1.807, 2.05) is 0 Å². The van der Waals surface area contributed by atoms with Gasteiger partial charge >= 0.3 is 22.8 Å². The Hall–Kier alpha value is -2.59. The van der Waals surface area contributed by atoms with Crippen LogP contribution in [0.1, 0.15) is 33.1 Å². The van der Waals surface area contributed by atoms with Gasteiger partial charge in [0.25, 0.3) is 0 Å². The van der Waals surface area contributed by atoms with Gasteiger partial charge in [-0.3, -0.25) is 14.4 Å². The highest BCUT2D eigenvalue weighted by Gasteiger charge is 2.53. The lowest BCUT2D eigenvalue weighted by Crippen LogP contribution is -2.44. The fraction of sp³-hybridized carbons (Fsp3) is 0.294. The number of H-pyrrole nitrogens is 1. The summed E-state index contributed by atoms with van der Waals surface area (Å²) in [6.45, 7) is 0. The van der Waals surface area contributed by atoms with Gasteiger partial charge in [-0.05, 0) is 17.7 Å². The van der Waals surface area contributed by atoms with Gasteiger partial charge in [-0.2, -0.15) is 0 Å². The lowest BCUT2D eigenvalue weighted by Gasteiger charge is -2.39. The van der Waals surface area contributed by atoms with E-state index in [0.717, 1.165) is 23.1 Å². The third-order valence-electron chi connectivity index (χ3n) is 4.49. The number of carbonyl (C=O) groups is 3. The van der Waals surface area contributed by atoms with E-state index in [-0.39, 0.29) is 16.2 Å². The molecule has 0 saturated heterocycles. The van der Waals surface area contributed by atoms with E-state index in [1.165, 1.54) is 19.2 Å². The molecule has 1 aromatic carbocycles. The molecule has 0 spiro atoms. The molecule has 2 aromatic rings. The zero-order valence-electron chi connectivity index (χ0n) is 14.1. The number of thiazole rings is 1. The Balaban J connectivity index is 2.18. The second kappa shape index (κ2) is 7.20. The number of fused-ring (bicyclic) bond motifs is 1. The van der Waals surface area contributed by atoms with Crippen LogP contribution in [0.25, 0.3) is 0 Å². The first-order valence-electron chi connectivity index (χ1n) is 7.78. The molecular formula is C17H15NO7S2. The van der Waals surface area contributed by atoms with Crippen molar-refractivity contribution in [1.82, 2.24) is 4.98 Å². The van der Waals surface area contributed by atoms with Crippen LogP contribution in [0, 0.1) is 5.41 Å². The average Bonchev–Trinajstić information content (AvgIpc) is 3.00. The zero-order valence-corrected chi connectivity index (χ0v) is 15.7. The zero-order chi connectivity index (χ0) is 19.8. The van der Waals surface area contributed by atoms with Crippen LogP contribution in [0.5, 0.6) is 0 Å². The van der Waals surface area contributed by atoms with Gasteiger partial charge in [0.15, 0.2) is 0 Å².